The van der Waals surface area contributed by atoms with Gasteiger partial charge >= 0.3 is 5.97 Å². The summed E-state index contributed by atoms with van der Waals surface area (Å²) in [5, 5.41) is 10.6. The average Bonchev–Trinajstić information content (AvgIpc) is 2.16. The summed E-state index contributed by atoms with van der Waals surface area (Å²) < 4.78 is 5.08. The number of methoxy groups -OCH3 is 1. The third-order valence-corrected chi connectivity index (χ3v) is 1.44. The lowest BCUT2D eigenvalue weighted by atomic mass is 10.2. The molecule has 0 bridgehead atoms. The van der Waals surface area contributed by atoms with Gasteiger partial charge < -0.3 is 9.94 Å². The van der Waals surface area contributed by atoms with Crippen LogP contribution in [-0.2, 0) is 9.53 Å². The van der Waals surface area contributed by atoms with Gasteiger partial charge in [-0.3, -0.25) is 0 Å². The van der Waals surface area contributed by atoms with Crippen molar-refractivity contribution >= 4 is 12.0 Å². The number of hydrogen-bond donors (Lipinski definition) is 0. The highest BCUT2D eigenvalue weighted by Crippen LogP contribution is 1.98. The fourth-order valence-electron chi connectivity index (χ4n) is 0.768. The molecule has 68 valence electrons. The van der Waals surface area contributed by atoms with Gasteiger partial charge in [0.2, 0.25) is 0 Å². The summed E-state index contributed by atoms with van der Waals surface area (Å²) in [5.74, 6) is -0.418. The number of carbonyl (C=O) groups is 1. The lowest BCUT2D eigenvalue weighted by molar-refractivity contribution is -0.605. The molecule has 1 rings (SSSR count). The van der Waals surface area contributed by atoms with Gasteiger partial charge in [-0.25, -0.2) is 4.79 Å². The zero-order valence-corrected chi connectivity index (χ0v) is 7.14. The highest BCUT2D eigenvalue weighted by molar-refractivity contribution is 5.86. The molecule has 0 aliphatic heterocycles. The molecular weight excluding hydrogens is 170 g/mol. The van der Waals surface area contributed by atoms with Gasteiger partial charge in [0, 0.05) is 18.2 Å². The summed E-state index contributed by atoms with van der Waals surface area (Å²) >= 11 is 0. The van der Waals surface area contributed by atoms with E-state index in [1.165, 1.54) is 25.6 Å². The van der Waals surface area contributed by atoms with Gasteiger partial charge in [0.1, 0.15) is 0 Å². The molecule has 4 nitrogen and oxygen atoms in total. The Balaban J connectivity index is 2.69. The molecule has 0 aromatic carbocycles. The molecule has 13 heavy (non-hydrogen) atoms. The van der Waals surface area contributed by atoms with Crippen molar-refractivity contribution in [2.45, 2.75) is 0 Å². The van der Waals surface area contributed by atoms with E-state index >= 15 is 0 Å². The molecule has 0 N–H and O–H groups in total. The lowest BCUT2D eigenvalue weighted by Crippen LogP contribution is -2.23. The van der Waals surface area contributed by atoms with E-state index in [4.69, 9.17) is 0 Å². The Morgan fingerprint density at radius 1 is 1.54 bits per heavy atom. The summed E-state index contributed by atoms with van der Waals surface area (Å²) in [7, 11) is 1.31. The first-order valence-corrected chi connectivity index (χ1v) is 3.67. The molecule has 0 amide bonds. The van der Waals surface area contributed by atoms with Crippen molar-refractivity contribution in [3.63, 3.8) is 0 Å². The van der Waals surface area contributed by atoms with Crippen LogP contribution in [0.3, 0.4) is 0 Å². The zero-order chi connectivity index (χ0) is 9.68. The Kier molecular flexibility index (Phi) is 3.03. The van der Waals surface area contributed by atoms with E-state index in [1.54, 1.807) is 18.2 Å². The molecule has 1 heterocycles. The Hall–Kier alpha value is -1.84. The van der Waals surface area contributed by atoms with E-state index in [0.717, 1.165) is 5.56 Å². The van der Waals surface area contributed by atoms with E-state index in [2.05, 4.69) is 4.74 Å². The molecular formula is C9H9NO3. The van der Waals surface area contributed by atoms with Crippen molar-refractivity contribution in [1.82, 2.24) is 0 Å². The van der Waals surface area contributed by atoms with Crippen LogP contribution >= 0.6 is 0 Å². The van der Waals surface area contributed by atoms with Crippen LogP contribution < -0.4 is 4.73 Å². The molecule has 0 unspecified atom stereocenters. The molecule has 0 radical (unpaired) electrons. The smallest absolute Gasteiger partial charge is 0.330 e. The van der Waals surface area contributed by atoms with Gasteiger partial charge in [0.25, 0.3) is 0 Å². The van der Waals surface area contributed by atoms with Crippen molar-refractivity contribution in [2.75, 3.05) is 7.11 Å². The van der Waals surface area contributed by atoms with E-state index in [1.807, 2.05) is 0 Å². The van der Waals surface area contributed by atoms with Crippen molar-refractivity contribution < 1.29 is 14.3 Å². The molecule has 1 aromatic rings. The first-order valence-electron chi connectivity index (χ1n) is 3.67. The van der Waals surface area contributed by atoms with Crippen LogP contribution in [0.1, 0.15) is 5.56 Å². The minimum absolute atomic E-state index is 0.418. The predicted octanol–water partition coefficient (Wildman–Crippen LogP) is 0.506. The SMILES string of the molecule is COC(=O)C=Cc1cc[n+]([O-])cc1. The van der Waals surface area contributed by atoms with Crippen molar-refractivity contribution in [3.8, 4) is 0 Å². The van der Waals surface area contributed by atoms with E-state index < -0.39 is 5.97 Å². The van der Waals surface area contributed by atoms with Gasteiger partial charge in [0.05, 0.1) is 7.11 Å². The van der Waals surface area contributed by atoms with Crippen LogP contribution in [0.5, 0.6) is 0 Å². The van der Waals surface area contributed by atoms with Crippen LogP contribution in [0, 0.1) is 5.21 Å². The molecule has 0 fully saturated rings. The second-order valence-electron chi connectivity index (χ2n) is 2.35. The number of rotatable bonds is 2. The highest BCUT2D eigenvalue weighted by atomic mass is 16.5. The first kappa shape index (κ1) is 9.25. The molecule has 0 saturated carbocycles. The van der Waals surface area contributed by atoms with Crippen LogP contribution in [0.25, 0.3) is 6.08 Å². The van der Waals surface area contributed by atoms with Crippen LogP contribution in [-0.4, -0.2) is 13.1 Å². The summed E-state index contributed by atoms with van der Waals surface area (Å²) in [5.41, 5.74) is 0.775. The topological polar surface area (TPSA) is 53.2 Å². The van der Waals surface area contributed by atoms with Crippen LogP contribution in [0.15, 0.2) is 30.6 Å². The predicted molar refractivity (Wildman–Crippen MR) is 46.5 cm³/mol. The first-order chi connectivity index (χ1) is 6.22. The van der Waals surface area contributed by atoms with E-state index in [-0.39, 0.29) is 0 Å². The minimum atomic E-state index is -0.418. The Bertz CT molecular complexity index is 316. The molecule has 1 aromatic heterocycles. The number of carbonyl (C=O) groups excluding carboxylic acids is 1. The van der Waals surface area contributed by atoms with E-state index in [9.17, 15) is 10.0 Å². The van der Waals surface area contributed by atoms with E-state index in [0.29, 0.717) is 4.73 Å². The van der Waals surface area contributed by atoms with Gasteiger partial charge in [-0.15, -0.1) is 0 Å². The zero-order valence-electron chi connectivity index (χ0n) is 7.14. The number of pyridine rings is 1. The summed E-state index contributed by atoms with van der Waals surface area (Å²) in [6.07, 6.45) is 5.59. The number of hydrogen-bond acceptors (Lipinski definition) is 3. The summed E-state index contributed by atoms with van der Waals surface area (Å²) in [4.78, 5) is 10.7. The number of ether oxygens (including phenoxy) is 1. The van der Waals surface area contributed by atoms with Crippen LogP contribution in [0.2, 0.25) is 0 Å². The number of nitrogens with zero attached hydrogens (tertiary/aromatic N) is 1. The molecule has 4 heteroatoms. The van der Waals surface area contributed by atoms with Crippen LogP contribution in [0.4, 0.5) is 0 Å². The fraction of sp³-hybridized carbons (Fsp3) is 0.111. The van der Waals surface area contributed by atoms with Crippen molar-refractivity contribution in [2.24, 2.45) is 0 Å². The standard InChI is InChI=1S/C9H9NO3/c1-13-9(11)3-2-8-4-6-10(12)7-5-8/h2-7H,1H3. The Morgan fingerprint density at radius 2 is 2.15 bits per heavy atom. The Morgan fingerprint density at radius 3 is 2.69 bits per heavy atom. The maximum Gasteiger partial charge on any atom is 0.330 e. The summed E-state index contributed by atoms with van der Waals surface area (Å²) in [6.45, 7) is 0. The molecule has 0 aliphatic carbocycles. The third-order valence-electron chi connectivity index (χ3n) is 1.44. The molecule has 0 atom stereocenters. The highest BCUT2D eigenvalue weighted by Gasteiger charge is 1.93. The summed E-state index contributed by atoms with van der Waals surface area (Å²) in [6, 6.07) is 3.21. The fourth-order valence-corrected chi connectivity index (χ4v) is 0.768. The monoisotopic (exact) mass is 179 g/mol. The Labute approximate surface area is 75.7 Å². The second-order valence-corrected chi connectivity index (χ2v) is 2.35. The average molecular weight is 179 g/mol. The largest absolute Gasteiger partial charge is 0.619 e. The minimum Gasteiger partial charge on any atom is -0.619 e. The normalized spacial score (nSPS) is 10.2. The second kappa shape index (κ2) is 4.25. The molecule has 0 aliphatic rings. The maximum absolute atomic E-state index is 10.7. The maximum atomic E-state index is 10.7. The number of esters is 1. The van der Waals surface area contributed by atoms with Gasteiger partial charge in [-0.2, -0.15) is 4.73 Å². The quantitative estimate of drug-likeness (QED) is 0.287. The van der Waals surface area contributed by atoms with Gasteiger partial charge in [-0.1, -0.05) is 0 Å². The van der Waals surface area contributed by atoms with Crippen molar-refractivity contribution in [3.05, 3.63) is 41.4 Å². The lowest BCUT2D eigenvalue weighted by Gasteiger charge is -1.94. The molecule has 0 spiro atoms. The van der Waals surface area contributed by atoms with Crippen molar-refractivity contribution in [1.29, 1.82) is 0 Å². The molecule has 0 saturated heterocycles. The van der Waals surface area contributed by atoms with Gasteiger partial charge in [-0.05, 0) is 11.6 Å². The number of aromatic nitrogens is 1. The third kappa shape index (κ3) is 2.94. The van der Waals surface area contributed by atoms with Gasteiger partial charge in [0.15, 0.2) is 12.4 Å².